The summed E-state index contributed by atoms with van der Waals surface area (Å²) in [7, 11) is 3.83. The quantitative estimate of drug-likeness (QED) is 0.601. The van der Waals surface area contributed by atoms with Crippen molar-refractivity contribution in [3.8, 4) is 11.8 Å². The van der Waals surface area contributed by atoms with Crippen LogP contribution in [0.2, 0.25) is 0 Å². The Hall–Kier alpha value is -1.34. The highest BCUT2D eigenvalue weighted by Crippen LogP contribution is 2.10. The molecule has 0 fully saturated rings. The van der Waals surface area contributed by atoms with E-state index in [1.54, 1.807) is 7.11 Å². The van der Waals surface area contributed by atoms with Gasteiger partial charge >= 0.3 is 0 Å². The van der Waals surface area contributed by atoms with Crippen molar-refractivity contribution in [3.05, 3.63) is 35.4 Å². The van der Waals surface area contributed by atoms with Crippen LogP contribution in [0.15, 0.2) is 24.3 Å². The Balaban J connectivity index is 2.60. The molecule has 0 aliphatic heterocycles. The molecule has 0 radical (unpaired) electrons. The van der Waals surface area contributed by atoms with Crippen LogP contribution in [-0.4, -0.2) is 43.9 Å². The number of rotatable bonds is 7. The zero-order valence-corrected chi connectivity index (χ0v) is 11.9. The number of methoxy groups -OCH3 is 1. The number of nitrogens with zero attached hydrogens (tertiary/aromatic N) is 1. The lowest BCUT2D eigenvalue weighted by atomic mass is 10.1. The van der Waals surface area contributed by atoms with Crippen LogP contribution in [0, 0.1) is 11.8 Å². The van der Waals surface area contributed by atoms with Gasteiger partial charge in [0.15, 0.2) is 0 Å². The molecule has 0 aliphatic carbocycles. The van der Waals surface area contributed by atoms with Crippen molar-refractivity contribution in [2.45, 2.75) is 19.4 Å². The number of ether oxygens (including phenoxy) is 1. The molecule has 0 saturated heterocycles. The van der Waals surface area contributed by atoms with Gasteiger partial charge in [-0.2, -0.15) is 0 Å². The minimum Gasteiger partial charge on any atom is -0.395 e. The summed E-state index contributed by atoms with van der Waals surface area (Å²) in [6.45, 7) is 2.80. The van der Waals surface area contributed by atoms with Crippen LogP contribution in [0.1, 0.15) is 24.0 Å². The summed E-state index contributed by atoms with van der Waals surface area (Å²) in [6, 6.07) is 8.17. The molecule has 3 nitrogen and oxygen atoms in total. The minimum atomic E-state index is 0.117. The van der Waals surface area contributed by atoms with Crippen LogP contribution in [0.5, 0.6) is 0 Å². The van der Waals surface area contributed by atoms with Gasteiger partial charge in [0.25, 0.3) is 0 Å². The maximum atomic E-state index is 8.76. The Kier molecular flexibility index (Phi) is 7.92. The molecule has 1 rings (SSSR count). The predicted octanol–water partition coefficient (Wildman–Crippen LogP) is 1.89. The lowest BCUT2D eigenvalue weighted by molar-refractivity contribution is 0.178. The third kappa shape index (κ3) is 6.40. The fourth-order valence-electron chi connectivity index (χ4n) is 1.84. The van der Waals surface area contributed by atoms with Crippen molar-refractivity contribution >= 4 is 0 Å². The Morgan fingerprint density at radius 1 is 1.32 bits per heavy atom. The number of hydrogen-bond donors (Lipinski definition) is 1. The topological polar surface area (TPSA) is 32.7 Å². The fraction of sp³-hybridized carbons (Fsp3) is 0.500. The van der Waals surface area contributed by atoms with E-state index < -0.39 is 0 Å². The zero-order valence-electron chi connectivity index (χ0n) is 11.9. The molecular weight excluding hydrogens is 238 g/mol. The highest BCUT2D eigenvalue weighted by molar-refractivity contribution is 5.41. The molecule has 1 aromatic carbocycles. The summed E-state index contributed by atoms with van der Waals surface area (Å²) in [5.74, 6) is 6.10. The molecule has 19 heavy (non-hydrogen) atoms. The van der Waals surface area contributed by atoms with Crippen LogP contribution >= 0.6 is 0 Å². The third-order valence-corrected chi connectivity index (χ3v) is 2.81. The molecule has 0 unspecified atom stereocenters. The number of hydrogen-bond acceptors (Lipinski definition) is 3. The van der Waals surface area contributed by atoms with Gasteiger partial charge in [-0.1, -0.05) is 30.0 Å². The van der Waals surface area contributed by atoms with E-state index in [1.807, 2.05) is 18.2 Å². The van der Waals surface area contributed by atoms with Gasteiger partial charge in [-0.3, -0.25) is 0 Å². The Morgan fingerprint density at radius 3 is 2.84 bits per heavy atom. The summed E-state index contributed by atoms with van der Waals surface area (Å²) in [6.07, 6.45) is 1.56. The van der Waals surface area contributed by atoms with Gasteiger partial charge in [-0.15, -0.1) is 0 Å². The first-order chi connectivity index (χ1) is 9.27. The van der Waals surface area contributed by atoms with E-state index in [9.17, 15) is 0 Å². The van der Waals surface area contributed by atoms with E-state index in [0.29, 0.717) is 6.42 Å². The lowest BCUT2D eigenvalue weighted by Crippen LogP contribution is -2.20. The Bertz CT molecular complexity index is 420. The van der Waals surface area contributed by atoms with Crippen molar-refractivity contribution in [1.29, 1.82) is 0 Å². The van der Waals surface area contributed by atoms with E-state index >= 15 is 0 Å². The highest BCUT2D eigenvalue weighted by atomic mass is 16.5. The summed E-state index contributed by atoms with van der Waals surface area (Å²) in [4.78, 5) is 2.27. The molecule has 1 aromatic rings. The first kappa shape index (κ1) is 15.7. The average molecular weight is 261 g/mol. The molecule has 0 amide bonds. The molecule has 0 atom stereocenters. The molecule has 0 spiro atoms. The molecule has 1 N–H and O–H groups in total. The van der Waals surface area contributed by atoms with E-state index in [1.165, 1.54) is 5.56 Å². The monoisotopic (exact) mass is 261 g/mol. The largest absolute Gasteiger partial charge is 0.395 e. The number of aliphatic hydroxyl groups is 1. The van der Waals surface area contributed by atoms with Gasteiger partial charge in [0.2, 0.25) is 0 Å². The smallest absolute Gasteiger partial charge is 0.0540 e. The summed E-state index contributed by atoms with van der Waals surface area (Å²) >= 11 is 0. The van der Waals surface area contributed by atoms with E-state index in [0.717, 1.165) is 31.7 Å². The normalized spacial score (nSPS) is 10.3. The lowest BCUT2D eigenvalue weighted by Gasteiger charge is -2.17. The van der Waals surface area contributed by atoms with Crippen molar-refractivity contribution in [2.24, 2.45) is 0 Å². The molecule has 3 heteroatoms. The van der Waals surface area contributed by atoms with Gasteiger partial charge in [0, 0.05) is 38.8 Å². The highest BCUT2D eigenvalue weighted by Gasteiger charge is 2.03. The van der Waals surface area contributed by atoms with E-state index in [4.69, 9.17) is 9.84 Å². The molecule has 0 bridgehead atoms. The van der Waals surface area contributed by atoms with Crippen LogP contribution < -0.4 is 0 Å². The maximum absolute atomic E-state index is 8.76. The van der Waals surface area contributed by atoms with E-state index in [-0.39, 0.29) is 6.61 Å². The summed E-state index contributed by atoms with van der Waals surface area (Å²) < 4.78 is 5.06. The standard InChI is InChI=1S/C16H23NO2/c1-17(11-7-13-19-2)14-16-10-4-3-8-15(16)9-5-6-12-18/h3-4,8,10,18H,6-7,11-14H2,1-2H3. The van der Waals surface area contributed by atoms with Crippen LogP contribution in [0.25, 0.3) is 0 Å². The fourth-order valence-corrected chi connectivity index (χ4v) is 1.84. The zero-order chi connectivity index (χ0) is 13.9. The maximum Gasteiger partial charge on any atom is 0.0540 e. The molecule has 0 heterocycles. The van der Waals surface area contributed by atoms with Crippen molar-refractivity contribution in [3.63, 3.8) is 0 Å². The molecule has 0 aromatic heterocycles. The summed E-state index contributed by atoms with van der Waals surface area (Å²) in [5, 5.41) is 8.76. The van der Waals surface area contributed by atoms with Crippen LogP contribution in [-0.2, 0) is 11.3 Å². The summed E-state index contributed by atoms with van der Waals surface area (Å²) in [5.41, 5.74) is 2.28. The first-order valence-corrected chi connectivity index (χ1v) is 6.63. The third-order valence-electron chi connectivity index (χ3n) is 2.81. The van der Waals surface area contributed by atoms with Gasteiger partial charge < -0.3 is 14.7 Å². The minimum absolute atomic E-state index is 0.117. The average Bonchev–Trinajstić information content (AvgIpc) is 2.41. The van der Waals surface area contributed by atoms with Crippen molar-refractivity contribution in [1.82, 2.24) is 4.90 Å². The first-order valence-electron chi connectivity index (χ1n) is 6.63. The number of aliphatic hydroxyl groups excluding tert-OH is 1. The molecular formula is C16H23NO2. The van der Waals surface area contributed by atoms with Gasteiger partial charge in [0.1, 0.15) is 0 Å². The second-order valence-corrected chi connectivity index (χ2v) is 4.52. The van der Waals surface area contributed by atoms with Gasteiger partial charge in [-0.05, 0) is 25.1 Å². The SMILES string of the molecule is COCCCN(C)Cc1ccccc1C#CCCO. The molecule has 0 aliphatic rings. The Labute approximate surface area is 116 Å². The molecule has 0 saturated carbocycles. The van der Waals surface area contributed by atoms with Crippen LogP contribution in [0.4, 0.5) is 0 Å². The van der Waals surface area contributed by atoms with Gasteiger partial charge in [-0.25, -0.2) is 0 Å². The second kappa shape index (κ2) is 9.57. The predicted molar refractivity (Wildman–Crippen MR) is 77.8 cm³/mol. The molecule has 104 valence electrons. The van der Waals surface area contributed by atoms with Crippen molar-refractivity contribution < 1.29 is 9.84 Å². The number of benzene rings is 1. The van der Waals surface area contributed by atoms with E-state index in [2.05, 4.69) is 29.9 Å². The Morgan fingerprint density at radius 2 is 2.11 bits per heavy atom. The second-order valence-electron chi connectivity index (χ2n) is 4.52. The van der Waals surface area contributed by atoms with Gasteiger partial charge in [0.05, 0.1) is 6.61 Å². The van der Waals surface area contributed by atoms with Crippen molar-refractivity contribution in [2.75, 3.05) is 33.9 Å². The van der Waals surface area contributed by atoms with Crippen LogP contribution in [0.3, 0.4) is 0 Å².